The number of hydrogen-bond donors (Lipinski definition) is 2. The number of rotatable bonds is 6. The average Bonchev–Trinajstić information content (AvgIpc) is 3.36. The lowest BCUT2D eigenvalue weighted by molar-refractivity contribution is -0.115. The van der Waals surface area contributed by atoms with E-state index in [-0.39, 0.29) is 11.6 Å². The molecule has 0 unspecified atom stereocenters. The van der Waals surface area contributed by atoms with Gasteiger partial charge in [0.15, 0.2) is 5.13 Å². The van der Waals surface area contributed by atoms with Crippen LogP contribution in [0.25, 0.3) is 11.3 Å². The molecule has 0 aliphatic heterocycles. The minimum Gasteiger partial charge on any atom is -0.329 e. The summed E-state index contributed by atoms with van der Waals surface area (Å²) < 4.78 is 26.8. The van der Waals surface area contributed by atoms with Gasteiger partial charge in [-0.25, -0.2) is 13.8 Å². The van der Waals surface area contributed by atoms with Crippen LogP contribution in [0.3, 0.4) is 0 Å². The van der Waals surface area contributed by atoms with E-state index in [0.29, 0.717) is 22.9 Å². The van der Waals surface area contributed by atoms with Crippen LogP contribution >= 0.6 is 22.7 Å². The molecule has 1 amide bonds. The number of thiazole rings is 1. The Hall–Kier alpha value is -3.10. The molecular weight excluding hydrogens is 412 g/mol. The van der Waals surface area contributed by atoms with Crippen molar-refractivity contribution in [1.29, 1.82) is 0 Å². The van der Waals surface area contributed by atoms with Gasteiger partial charge in [-0.2, -0.15) is 0 Å². The van der Waals surface area contributed by atoms with Crippen LogP contribution in [-0.2, 0) is 11.2 Å². The number of carbonyl (C=O) groups excluding carboxylic acids is 1. The molecule has 0 aliphatic carbocycles. The summed E-state index contributed by atoms with van der Waals surface area (Å²) in [7, 11) is 0. The fraction of sp³-hybridized carbons (Fsp3) is 0.0476. The number of aromatic nitrogens is 1. The van der Waals surface area contributed by atoms with Crippen LogP contribution in [0, 0.1) is 11.6 Å². The van der Waals surface area contributed by atoms with E-state index < -0.39 is 11.6 Å². The third-order valence-electron chi connectivity index (χ3n) is 4.03. The smallest absolute Gasteiger partial charge is 0.229 e. The summed E-state index contributed by atoms with van der Waals surface area (Å²) in [6.07, 6.45) is 0.329. The molecule has 0 radical (unpaired) electrons. The van der Waals surface area contributed by atoms with Crippen molar-refractivity contribution in [3.8, 4) is 11.3 Å². The average molecular weight is 428 g/mol. The maximum Gasteiger partial charge on any atom is 0.229 e. The van der Waals surface area contributed by atoms with Gasteiger partial charge in [0.25, 0.3) is 0 Å². The molecular formula is C21H15F2N3OS2. The molecule has 0 aliphatic rings. The molecule has 2 N–H and O–H groups in total. The van der Waals surface area contributed by atoms with E-state index in [9.17, 15) is 13.6 Å². The molecule has 0 fully saturated rings. The Morgan fingerprint density at radius 3 is 2.72 bits per heavy atom. The van der Waals surface area contributed by atoms with E-state index in [1.165, 1.54) is 23.5 Å². The van der Waals surface area contributed by atoms with Crippen LogP contribution < -0.4 is 10.6 Å². The first-order valence-electron chi connectivity index (χ1n) is 8.67. The molecule has 0 spiro atoms. The van der Waals surface area contributed by atoms with Gasteiger partial charge in [0, 0.05) is 27.6 Å². The number of nitrogens with one attached hydrogen (secondary N) is 2. The molecule has 4 rings (SSSR count). The highest BCUT2D eigenvalue weighted by atomic mass is 32.1. The van der Waals surface area contributed by atoms with Gasteiger partial charge in [0.05, 0.1) is 17.8 Å². The zero-order valence-corrected chi connectivity index (χ0v) is 16.6. The highest BCUT2D eigenvalue weighted by molar-refractivity contribution is 7.14. The predicted molar refractivity (Wildman–Crippen MR) is 114 cm³/mol. The molecule has 2 heterocycles. The van der Waals surface area contributed by atoms with Crippen molar-refractivity contribution >= 4 is 45.1 Å². The molecule has 4 aromatic rings. The topological polar surface area (TPSA) is 54.0 Å². The van der Waals surface area contributed by atoms with Gasteiger partial charge in [-0.1, -0.05) is 18.2 Å². The Labute approximate surface area is 173 Å². The maximum atomic E-state index is 13.8. The lowest BCUT2D eigenvalue weighted by Gasteiger charge is -2.06. The Balaban J connectivity index is 1.46. The van der Waals surface area contributed by atoms with Crippen LogP contribution in [0.1, 0.15) is 4.88 Å². The quantitative estimate of drug-likeness (QED) is 0.392. The van der Waals surface area contributed by atoms with E-state index in [4.69, 9.17) is 0 Å². The summed E-state index contributed by atoms with van der Waals surface area (Å²) in [6, 6.07) is 14.5. The molecule has 8 heteroatoms. The van der Waals surface area contributed by atoms with Gasteiger partial charge in [-0.3, -0.25) is 4.79 Å². The monoisotopic (exact) mass is 427 g/mol. The second kappa shape index (κ2) is 8.50. The Morgan fingerprint density at radius 1 is 1.03 bits per heavy atom. The number of nitrogens with zero attached hydrogens (tertiary/aromatic N) is 1. The SMILES string of the molecule is O=C(Cc1cccs1)Nc1cccc(-c2csc(Nc3ccc(F)cc3F)n2)c1. The first-order chi connectivity index (χ1) is 14.1. The number of benzene rings is 2. The van der Waals surface area contributed by atoms with Crippen molar-refractivity contribution < 1.29 is 13.6 Å². The lowest BCUT2D eigenvalue weighted by atomic mass is 10.1. The van der Waals surface area contributed by atoms with Gasteiger partial charge in [0.1, 0.15) is 11.6 Å². The minimum absolute atomic E-state index is 0.0861. The third-order valence-corrected chi connectivity index (χ3v) is 5.67. The van der Waals surface area contributed by atoms with E-state index in [1.807, 2.05) is 47.2 Å². The molecule has 2 aromatic carbocycles. The van der Waals surface area contributed by atoms with Crippen molar-refractivity contribution in [2.24, 2.45) is 0 Å². The molecule has 4 nitrogen and oxygen atoms in total. The number of carbonyl (C=O) groups is 1. The van der Waals surface area contributed by atoms with Crippen molar-refractivity contribution in [2.75, 3.05) is 10.6 Å². The van der Waals surface area contributed by atoms with Crippen LogP contribution in [0.15, 0.2) is 65.4 Å². The summed E-state index contributed by atoms with van der Waals surface area (Å²) in [5, 5.41) is 10.0. The van der Waals surface area contributed by atoms with Crippen LogP contribution in [-0.4, -0.2) is 10.9 Å². The fourth-order valence-corrected chi connectivity index (χ4v) is 4.14. The van der Waals surface area contributed by atoms with Gasteiger partial charge < -0.3 is 10.6 Å². The molecule has 0 atom stereocenters. The molecule has 0 saturated heterocycles. The number of anilines is 3. The number of hydrogen-bond acceptors (Lipinski definition) is 5. The number of amides is 1. The summed E-state index contributed by atoms with van der Waals surface area (Å²) in [4.78, 5) is 17.7. The highest BCUT2D eigenvalue weighted by Crippen LogP contribution is 2.29. The zero-order chi connectivity index (χ0) is 20.2. The molecule has 0 saturated carbocycles. The third kappa shape index (κ3) is 4.85. The molecule has 29 heavy (non-hydrogen) atoms. The summed E-state index contributed by atoms with van der Waals surface area (Å²) in [5.74, 6) is -1.40. The summed E-state index contributed by atoms with van der Waals surface area (Å²) in [6.45, 7) is 0. The molecule has 2 aromatic heterocycles. The van der Waals surface area contributed by atoms with Crippen LogP contribution in [0.5, 0.6) is 0 Å². The first kappa shape index (κ1) is 19.2. The van der Waals surface area contributed by atoms with Gasteiger partial charge in [-0.05, 0) is 35.7 Å². The maximum absolute atomic E-state index is 13.8. The van der Waals surface area contributed by atoms with Crippen molar-refractivity contribution in [2.45, 2.75) is 6.42 Å². The standard InChI is InChI=1S/C21H15F2N3OS2/c22-14-6-7-18(17(23)10-14)25-21-26-19(12-29-21)13-3-1-4-15(9-13)24-20(27)11-16-5-2-8-28-16/h1-10,12H,11H2,(H,24,27)(H,25,26). The Morgan fingerprint density at radius 2 is 1.93 bits per heavy atom. The normalized spacial score (nSPS) is 10.7. The Kier molecular flexibility index (Phi) is 5.64. The highest BCUT2D eigenvalue weighted by Gasteiger charge is 2.10. The van der Waals surface area contributed by atoms with Crippen molar-refractivity contribution in [3.63, 3.8) is 0 Å². The second-order valence-corrected chi connectivity index (χ2v) is 8.06. The van der Waals surface area contributed by atoms with E-state index in [0.717, 1.165) is 16.5 Å². The van der Waals surface area contributed by atoms with Gasteiger partial charge in [-0.15, -0.1) is 22.7 Å². The summed E-state index contributed by atoms with van der Waals surface area (Å²) >= 11 is 2.85. The zero-order valence-electron chi connectivity index (χ0n) is 15.0. The Bertz CT molecular complexity index is 1140. The van der Waals surface area contributed by atoms with E-state index >= 15 is 0 Å². The van der Waals surface area contributed by atoms with Crippen molar-refractivity contribution in [3.05, 3.63) is 81.9 Å². The van der Waals surface area contributed by atoms with Gasteiger partial charge >= 0.3 is 0 Å². The largest absolute Gasteiger partial charge is 0.329 e. The lowest BCUT2D eigenvalue weighted by Crippen LogP contribution is -2.13. The fourth-order valence-electron chi connectivity index (χ4n) is 2.70. The van der Waals surface area contributed by atoms with Gasteiger partial charge in [0.2, 0.25) is 5.91 Å². The molecule has 0 bridgehead atoms. The molecule has 146 valence electrons. The summed E-state index contributed by atoms with van der Waals surface area (Å²) in [5.41, 5.74) is 2.34. The first-order valence-corrected chi connectivity index (χ1v) is 10.4. The van der Waals surface area contributed by atoms with Crippen LogP contribution in [0.4, 0.5) is 25.3 Å². The van der Waals surface area contributed by atoms with E-state index in [1.54, 1.807) is 11.3 Å². The predicted octanol–water partition coefficient (Wildman–Crippen LogP) is 6.07. The number of halogens is 2. The van der Waals surface area contributed by atoms with E-state index in [2.05, 4.69) is 15.6 Å². The minimum atomic E-state index is -0.683. The van der Waals surface area contributed by atoms with Crippen LogP contribution in [0.2, 0.25) is 0 Å². The number of thiophene rings is 1. The second-order valence-electron chi connectivity index (χ2n) is 6.17. The van der Waals surface area contributed by atoms with Crippen molar-refractivity contribution in [1.82, 2.24) is 4.98 Å².